The van der Waals surface area contributed by atoms with Crippen molar-refractivity contribution in [3.05, 3.63) is 42.4 Å². The summed E-state index contributed by atoms with van der Waals surface area (Å²) in [7, 11) is 0. The zero-order valence-electron chi connectivity index (χ0n) is 20.1. The van der Waals surface area contributed by atoms with Crippen LogP contribution >= 0.6 is 11.3 Å². The molecule has 0 bridgehead atoms. The van der Waals surface area contributed by atoms with Gasteiger partial charge in [0.2, 0.25) is 11.9 Å². The molecule has 2 fully saturated rings. The second kappa shape index (κ2) is 11.1. The summed E-state index contributed by atoms with van der Waals surface area (Å²) in [6.07, 6.45) is 11.7. The molecule has 35 heavy (non-hydrogen) atoms. The van der Waals surface area contributed by atoms with Crippen LogP contribution in [0.3, 0.4) is 0 Å². The number of hydrogen-bond acceptors (Lipinski definition) is 9. The van der Waals surface area contributed by atoms with Gasteiger partial charge in [0.05, 0.1) is 10.6 Å². The highest BCUT2D eigenvalue weighted by Crippen LogP contribution is 2.30. The first-order chi connectivity index (χ1) is 17.1. The van der Waals surface area contributed by atoms with Crippen molar-refractivity contribution in [3.63, 3.8) is 0 Å². The molecule has 0 radical (unpaired) electrons. The predicted octanol–water partition coefficient (Wildman–Crippen LogP) is 4.15. The number of hydrogen-bond donors (Lipinski definition) is 2. The molecule has 10 heteroatoms. The van der Waals surface area contributed by atoms with E-state index in [1.165, 1.54) is 37.7 Å². The fourth-order valence-corrected chi connectivity index (χ4v) is 5.47. The molecule has 0 unspecified atom stereocenters. The van der Waals surface area contributed by atoms with Crippen LogP contribution in [0.4, 0.5) is 16.9 Å². The quantitative estimate of drug-likeness (QED) is 0.508. The highest BCUT2D eigenvalue weighted by atomic mass is 32.1. The third kappa shape index (κ3) is 6.32. The molecule has 2 N–H and O–H groups in total. The zero-order chi connectivity index (χ0) is 24.0. The standard InChI is InChI=1S/C25H32N8OS/c1-18(34)33-13-11-32(12-14-33)17-19-7-9-26-23(15-19)31-25-28-16-22(35-25)21-8-10-27-24(30-21)29-20-5-3-2-4-6-20/h7-10,15-16,20H,2-6,11-14,17H2,1H3,(H,26,28,31)(H,27,29,30). The van der Waals surface area contributed by atoms with Crippen LogP contribution in [0.1, 0.15) is 44.6 Å². The Kier molecular flexibility index (Phi) is 7.48. The number of rotatable bonds is 7. The van der Waals surface area contributed by atoms with Gasteiger partial charge in [0.25, 0.3) is 0 Å². The van der Waals surface area contributed by atoms with E-state index in [1.54, 1.807) is 18.3 Å². The maximum Gasteiger partial charge on any atom is 0.223 e. The maximum absolute atomic E-state index is 11.5. The number of anilines is 3. The van der Waals surface area contributed by atoms with Crippen LogP contribution in [0.15, 0.2) is 36.8 Å². The molecule has 3 aromatic rings. The van der Waals surface area contributed by atoms with E-state index in [9.17, 15) is 4.79 Å². The van der Waals surface area contributed by atoms with E-state index in [-0.39, 0.29) is 5.91 Å². The highest BCUT2D eigenvalue weighted by Gasteiger charge is 2.19. The van der Waals surface area contributed by atoms with Gasteiger partial charge in [-0.05, 0) is 36.6 Å². The number of piperazine rings is 1. The molecular weight excluding hydrogens is 460 g/mol. The summed E-state index contributed by atoms with van der Waals surface area (Å²) in [6.45, 7) is 5.82. The van der Waals surface area contributed by atoms with Gasteiger partial charge in [-0.15, -0.1) is 0 Å². The smallest absolute Gasteiger partial charge is 0.223 e. The predicted molar refractivity (Wildman–Crippen MR) is 139 cm³/mol. The minimum Gasteiger partial charge on any atom is -0.351 e. The van der Waals surface area contributed by atoms with Gasteiger partial charge in [0.15, 0.2) is 5.13 Å². The Labute approximate surface area is 210 Å². The van der Waals surface area contributed by atoms with Gasteiger partial charge in [-0.2, -0.15) is 0 Å². The fourth-order valence-electron chi connectivity index (χ4n) is 4.67. The largest absolute Gasteiger partial charge is 0.351 e. The van der Waals surface area contributed by atoms with Crippen molar-refractivity contribution in [1.29, 1.82) is 0 Å². The third-order valence-electron chi connectivity index (χ3n) is 6.64. The summed E-state index contributed by atoms with van der Waals surface area (Å²) in [5, 5.41) is 7.62. The second-order valence-corrected chi connectivity index (χ2v) is 10.3. The molecule has 0 aromatic carbocycles. The molecule has 3 aromatic heterocycles. The van der Waals surface area contributed by atoms with Crippen LogP contribution in [-0.4, -0.2) is 67.9 Å². The number of nitrogens with zero attached hydrogens (tertiary/aromatic N) is 6. The molecule has 1 saturated heterocycles. The van der Waals surface area contributed by atoms with E-state index in [2.05, 4.69) is 36.6 Å². The van der Waals surface area contributed by atoms with Crippen molar-refractivity contribution in [1.82, 2.24) is 29.7 Å². The summed E-state index contributed by atoms with van der Waals surface area (Å²) >= 11 is 1.55. The lowest BCUT2D eigenvalue weighted by molar-refractivity contribution is -0.130. The summed E-state index contributed by atoms with van der Waals surface area (Å²) in [6, 6.07) is 6.50. The SMILES string of the molecule is CC(=O)N1CCN(Cc2ccnc(Nc3ncc(-c4ccnc(NC5CCCCC5)n4)s3)c2)CC1. The first-order valence-corrected chi connectivity index (χ1v) is 13.2. The summed E-state index contributed by atoms with van der Waals surface area (Å²) < 4.78 is 0. The molecule has 1 saturated carbocycles. The second-order valence-electron chi connectivity index (χ2n) is 9.23. The molecule has 2 aliphatic rings. The van der Waals surface area contributed by atoms with Crippen LogP contribution in [0.5, 0.6) is 0 Å². The minimum absolute atomic E-state index is 0.154. The monoisotopic (exact) mass is 492 g/mol. The van der Waals surface area contributed by atoms with Crippen LogP contribution in [0.2, 0.25) is 0 Å². The number of carbonyl (C=O) groups is 1. The molecule has 1 aliphatic carbocycles. The van der Waals surface area contributed by atoms with Crippen molar-refractivity contribution >= 4 is 34.1 Å². The third-order valence-corrected chi connectivity index (χ3v) is 7.57. The lowest BCUT2D eigenvalue weighted by atomic mass is 9.96. The van der Waals surface area contributed by atoms with Crippen molar-refractivity contribution < 1.29 is 4.79 Å². The number of nitrogens with one attached hydrogen (secondary N) is 2. The molecule has 0 atom stereocenters. The molecule has 4 heterocycles. The van der Waals surface area contributed by atoms with Gasteiger partial charge in [0.1, 0.15) is 5.82 Å². The van der Waals surface area contributed by atoms with Crippen molar-refractivity contribution in [2.24, 2.45) is 0 Å². The van der Waals surface area contributed by atoms with E-state index >= 15 is 0 Å². The Hall–Kier alpha value is -3.11. The number of thiazole rings is 1. The summed E-state index contributed by atoms with van der Waals surface area (Å²) in [5.41, 5.74) is 2.06. The Morgan fingerprint density at radius 3 is 2.66 bits per heavy atom. The van der Waals surface area contributed by atoms with Gasteiger partial charge in [-0.25, -0.2) is 19.9 Å². The Morgan fingerprint density at radius 1 is 1.06 bits per heavy atom. The van der Waals surface area contributed by atoms with E-state index in [0.717, 1.165) is 54.2 Å². The van der Waals surface area contributed by atoms with Gasteiger partial charge in [0, 0.05) is 64.3 Å². The fraction of sp³-hybridized carbons (Fsp3) is 0.480. The van der Waals surface area contributed by atoms with Gasteiger partial charge in [-0.3, -0.25) is 9.69 Å². The number of pyridine rings is 1. The molecule has 1 aliphatic heterocycles. The first kappa shape index (κ1) is 23.6. The molecule has 0 spiro atoms. The Bertz CT molecular complexity index is 1140. The van der Waals surface area contributed by atoms with E-state index in [4.69, 9.17) is 4.98 Å². The topological polar surface area (TPSA) is 99.2 Å². The van der Waals surface area contributed by atoms with E-state index < -0.39 is 0 Å². The summed E-state index contributed by atoms with van der Waals surface area (Å²) in [5.74, 6) is 1.62. The first-order valence-electron chi connectivity index (χ1n) is 12.4. The molecule has 1 amide bonds. The minimum atomic E-state index is 0.154. The van der Waals surface area contributed by atoms with Crippen LogP contribution in [0.25, 0.3) is 10.6 Å². The number of amides is 1. The molecular formula is C25H32N8OS. The van der Waals surface area contributed by atoms with Gasteiger partial charge < -0.3 is 15.5 Å². The molecule has 9 nitrogen and oxygen atoms in total. The average Bonchev–Trinajstić information content (AvgIpc) is 3.34. The van der Waals surface area contributed by atoms with Gasteiger partial charge in [-0.1, -0.05) is 30.6 Å². The number of aromatic nitrogens is 4. The van der Waals surface area contributed by atoms with Crippen LogP contribution in [-0.2, 0) is 11.3 Å². The number of carbonyl (C=O) groups excluding carboxylic acids is 1. The Morgan fingerprint density at radius 2 is 1.86 bits per heavy atom. The van der Waals surface area contributed by atoms with Crippen molar-refractivity contribution in [2.45, 2.75) is 51.6 Å². The van der Waals surface area contributed by atoms with E-state index in [0.29, 0.717) is 12.0 Å². The maximum atomic E-state index is 11.5. The summed E-state index contributed by atoms with van der Waals surface area (Å²) in [4.78, 5) is 35.0. The zero-order valence-corrected chi connectivity index (χ0v) is 20.9. The molecule has 184 valence electrons. The Balaban J connectivity index is 1.19. The average molecular weight is 493 g/mol. The van der Waals surface area contributed by atoms with Crippen molar-refractivity contribution in [3.8, 4) is 10.6 Å². The van der Waals surface area contributed by atoms with E-state index in [1.807, 2.05) is 35.6 Å². The molecule has 5 rings (SSSR count). The lowest BCUT2D eigenvalue weighted by Crippen LogP contribution is -2.47. The van der Waals surface area contributed by atoms with Crippen LogP contribution < -0.4 is 10.6 Å². The van der Waals surface area contributed by atoms with Crippen molar-refractivity contribution in [2.75, 3.05) is 36.8 Å². The highest BCUT2D eigenvalue weighted by molar-refractivity contribution is 7.18. The normalized spacial score (nSPS) is 17.3. The van der Waals surface area contributed by atoms with Crippen LogP contribution in [0, 0.1) is 0 Å². The van der Waals surface area contributed by atoms with Gasteiger partial charge >= 0.3 is 0 Å². The lowest BCUT2D eigenvalue weighted by Gasteiger charge is -2.34.